The summed E-state index contributed by atoms with van der Waals surface area (Å²) in [7, 11) is 0. The fourth-order valence-electron chi connectivity index (χ4n) is 0. The Hall–Kier alpha value is 2.70. The van der Waals surface area contributed by atoms with Crippen LogP contribution in [0.25, 0.3) is 0 Å². The minimum atomic E-state index is 0. The van der Waals surface area contributed by atoms with Crippen molar-refractivity contribution in [3.05, 3.63) is 0 Å². The number of hydrogen-bond donors (Lipinski definition) is 1. The van der Waals surface area contributed by atoms with Crippen molar-refractivity contribution in [2.45, 2.75) is 0 Å². The van der Waals surface area contributed by atoms with Gasteiger partial charge in [-0.2, -0.15) is 0 Å². The molecule has 0 aliphatic carbocycles. The van der Waals surface area contributed by atoms with Crippen molar-refractivity contribution in [1.82, 2.24) is 6.15 Å². The standard InChI is InChI=1S/Bi.Fe.H3N.Sm/h;;1H3;. The van der Waals surface area contributed by atoms with Gasteiger partial charge in [0.1, 0.15) is 0 Å². The van der Waals surface area contributed by atoms with Crippen molar-refractivity contribution in [1.29, 1.82) is 0 Å². The maximum atomic E-state index is 0. The number of hydrogen-bond acceptors (Lipinski definition) is 1. The zero-order chi connectivity index (χ0) is 0. The van der Waals surface area contributed by atoms with E-state index in [1.54, 1.807) is 0 Å². The Morgan fingerprint density at radius 2 is 1.00 bits per heavy atom. The van der Waals surface area contributed by atoms with Crippen molar-refractivity contribution in [3.8, 4) is 0 Å². The van der Waals surface area contributed by atoms with E-state index >= 15 is 0 Å². The Labute approximate surface area is 88.0 Å². The van der Waals surface area contributed by atoms with Gasteiger partial charge in [-0.15, -0.1) is 0 Å². The molecular weight excluding hydrogens is 429 g/mol. The predicted octanol–water partition coefficient (Wildman–Crippen LogP) is -0.221. The van der Waals surface area contributed by atoms with E-state index in [9.17, 15) is 0 Å². The van der Waals surface area contributed by atoms with Crippen molar-refractivity contribution < 1.29 is 57.5 Å². The molecule has 0 amide bonds. The van der Waals surface area contributed by atoms with E-state index < -0.39 is 0 Å². The zero-order valence-corrected chi connectivity index (χ0v) is 9.12. The van der Waals surface area contributed by atoms with E-state index in [-0.39, 0.29) is 89.8 Å². The molecule has 0 aromatic rings. The SMILES string of the molecule is N.[Bi].[Fe].[Sm]. The maximum absolute atomic E-state index is 0. The molecule has 0 aliphatic rings. The van der Waals surface area contributed by atoms with Crippen molar-refractivity contribution in [2.75, 3.05) is 0 Å². The molecule has 3 N–H and O–H groups in total. The summed E-state index contributed by atoms with van der Waals surface area (Å²) in [4.78, 5) is 0. The summed E-state index contributed by atoms with van der Waals surface area (Å²) in [6.45, 7) is 0. The van der Waals surface area contributed by atoms with Crippen LogP contribution in [0.4, 0.5) is 0 Å². The molecule has 0 heterocycles. The molecular formula is H3BiFeNSm. The first-order chi connectivity index (χ1) is 0. The minimum Gasteiger partial charge on any atom is -0.344 e. The molecule has 0 atom stereocenters. The van der Waals surface area contributed by atoms with E-state index in [0.29, 0.717) is 0 Å². The third kappa shape index (κ3) is 8.83. The fraction of sp³-hybridized carbons (Fsp3) is 0. The molecule has 0 rings (SSSR count). The average Bonchev–Trinajstić information content (AvgIpc) is 0. The number of rotatable bonds is 0. The summed E-state index contributed by atoms with van der Waals surface area (Å²) in [5.41, 5.74) is 0. The first-order valence-electron chi connectivity index (χ1n) is 0. The van der Waals surface area contributed by atoms with Gasteiger partial charge < -0.3 is 6.15 Å². The quantitative estimate of drug-likeness (QED) is 0.528. The molecule has 27 valence electrons. The smallest absolute Gasteiger partial charge is 0 e. The van der Waals surface area contributed by atoms with Crippen LogP contribution in [0.5, 0.6) is 0 Å². The van der Waals surface area contributed by atoms with E-state index in [2.05, 4.69) is 0 Å². The summed E-state index contributed by atoms with van der Waals surface area (Å²) in [5.74, 6) is 0. The van der Waals surface area contributed by atoms with Crippen molar-refractivity contribution in [3.63, 3.8) is 0 Å². The molecule has 1 nitrogen and oxygen atoms in total. The molecule has 0 bridgehead atoms. The molecule has 0 saturated heterocycles. The summed E-state index contributed by atoms with van der Waals surface area (Å²) >= 11 is 0. The van der Waals surface area contributed by atoms with E-state index in [4.69, 9.17) is 0 Å². The first kappa shape index (κ1) is 29.9. The second-order valence-corrected chi connectivity index (χ2v) is 0. The largest absolute Gasteiger partial charge is 0.344 e. The normalized spacial score (nSPS) is 0. The molecule has 3 radical (unpaired) electrons. The van der Waals surface area contributed by atoms with Crippen LogP contribution in [-0.2, 0) is 17.1 Å². The van der Waals surface area contributed by atoms with Gasteiger partial charge in [-0.3, -0.25) is 0 Å². The maximum Gasteiger partial charge on any atom is 0 e. The molecule has 0 unspecified atom stereocenters. The summed E-state index contributed by atoms with van der Waals surface area (Å²) in [5, 5.41) is 0. The van der Waals surface area contributed by atoms with Gasteiger partial charge in [0, 0.05) is 83.7 Å². The Bertz CT molecular complexity index is 8.00. The van der Waals surface area contributed by atoms with Crippen molar-refractivity contribution >= 4 is 26.2 Å². The summed E-state index contributed by atoms with van der Waals surface area (Å²) < 4.78 is 0. The Kier molecular flexibility index (Phi) is 129. The van der Waals surface area contributed by atoms with Crippen LogP contribution in [0.15, 0.2) is 0 Å². The fourth-order valence-corrected chi connectivity index (χ4v) is 0. The predicted molar refractivity (Wildman–Crippen MR) is 10.8 cm³/mol. The van der Waals surface area contributed by atoms with Crippen molar-refractivity contribution in [2.24, 2.45) is 0 Å². The molecule has 4 heteroatoms. The van der Waals surface area contributed by atoms with Crippen LogP contribution < -0.4 is 6.15 Å². The van der Waals surface area contributed by atoms with Gasteiger partial charge in [-0.25, -0.2) is 0 Å². The van der Waals surface area contributed by atoms with E-state index in [0.717, 1.165) is 0 Å². The van der Waals surface area contributed by atoms with Crippen LogP contribution in [0, 0.1) is 40.4 Å². The van der Waals surface area contributed by atoms with Gasteiger partial charge in [0.25, 0.3) is 0 Å². The summed E-state index contributed by atoms with van der Waals surface area (Å²) in [6.07, 6.45) is 0. The van der Waals surface area contributed by atoms with Crippen LogP contribution in [0.2, 0.25) is 0 Å². The first-order valence-corrected chi connectivity index (χ1v) is 0. The Morgan fingerprint density at radius 3 is 1.00 bits per heavy atom. The van der Waals surface area contributed by atoms with Gasteiger partial charge in [0.05, 0.1) is 0 Å². The minimum absolute atomic E-state index is 0. The van der Waals surface area contributed by atoms with E-state index in [1.807, 2.05) is 0 Å². The average molecular weight is 432 g/mol. The van der Waals surface area contributed by atoms with Gasteiger partial charge in [0.15, 0.2) is 0 Å². The second kappa shape index (κ2) is 17.3. The van der Waals surface area contributed by atoms with Crippen LogP contribution in [0.1, 0.15) is 0 Å². The topological polar surface area (TPSA) is 35.0 Å². The van der Waals surface area contributed by atoms with E-state index in [1.165, 1.54) is 0 Å². The zero-order valence-electron chi connectivity index (χ0n) is 1.92. The second-order valence-electron chi connectivity index (χ2n) is 0. The molecule has 0 fully saturated rings. The molecule has 0 aromatic heterocycles. The monoisotopic (exact) mass is 434 g/mol. The van der Waals surface area contributed by atoms with Crippen LogP contribution in [0.3, 0.4) is 0 Å². The molecule has 0 aliphatic heterocycles. The molecule has 4 heavy (non-hydrogen) atoms. The molecule has 0 spiro atoms. The molecule has 0 saturated carbocycles. The third-order valence-electron chi connectivity index (χ3n) is 0. The van der Waals surface area contributed by atoms with Crippen LogP contribution in [-0.4, -0.2) is 26.2 Å². The van der Waals surface area contributed by atoms with Gasteiger partial charge in [0.2, 0.25) is 0 Å². The van der Waals surface area contributed by atoms with Gasteiger partial charge in [-0.1, -0.05) is 0 Å². The van der Waals surface area contributed by atoms with Crippen LogP contribution >= 0.6 is 0 Å². The summed E-state index contributed by atoms with van der Waals surface area (Å²) in [6, 6.07) is 0. The Balaban J connectivity index is 0. The van der Waals surface area contributed by atoms with Gasteiger partial charge in [-0.05, 0) is 0 Å². The third-order valence-corrected chi connectivity index (χ3v) is 0. The Morgan fingerprint density at radius 1 is 1.00 bits per heavy atom. The van der Waals surface area contributed by atoms with Gasteiger partial charge >= 0.3 is 0 Å². The molecule has 0 aromatic carbocycles.